The molecule has 1 heterocycles. The predicted octanol–water partition coefficient (Wildman–Crippen LogP) is 14.0. The van der Waals surface area contributed by atoms with Gasteiger partial charge >= 0.3 is 69.4 Å². The summed E-state index contributed by atoms with van der Waals surface area (Å²) in [5.41, 5.74) is 6.87. The molecule has 0 saturated heterocycles. The van der Waals surface area contributed by atoms with Crippen LogP contribution in [0.15, 0.2) is 78.9 Å². The van der Waals surface area contributed by atoms with Gasteiger partial charge in [0.15, 0.2) is 0 Å². The van der Waals surface area contributed by atoms with Crippen molar-refractivity contribution >= 4 is 53.2 Å². The number of rotatable bonds is 4. The van der Waals surface area contributed by atoms with Crippen LogP contribution in [0.5, 0.6) is 0 Å². The van der Waals surface area contributed by atoms with Crippen LogP contribution >= 0.6 is 27.3 Å². The van der Waals surface area contributed by atoms with E-state index < -0.39 is 13.5 Å². The first-order valence-electron chi connectivity index (χ1n) is 18.5. The molecule has 1 aromatic heterocycles. The van der Waals surface area contributed by atoms with Crippen LogP contribution in [-0.4, -0.2) is 26.2 Å². The third-order valence-corrected chi connectivity index (χ3v) is 16.4. The number of hydrogen-bond donors (Lipinski definition) is 0. The average molecular weight is 790 g/mol. The van der Waals surface area contributed by atoms with Crippen LogP contribution in [-0.2, 0) is 13.5 Å². The van der Waals surface area contributed by atoms with Crippen LogP contribution in [0.4, 0.5) is 0 Å². The molecule has 3 saturated carbocycles. The summed E-state index contributed by atoms with van der Waals surface area (Å²) in [6, 6.07) is 28.3. The first-order chi connectivity index (χ1) is 23.3. The Labute approximate surface area is 305 Å². The molecule has 0 bridgehead atoms. The van der Waals surface area contributed by atoms with Gasteiger partial charge in [0.1, 0.15) is 0 Å². The summed E-state index contributed by atoms with van der Waals surface area (Å²) in [6.07, 6.45) is 25.7. The number of benzene rings is 3. The minimum atomic E-state index is -1.67. The molecular formula is C43H56Cl2NPRu. The quantitative estimate of drug-likeness (QED) is 0.114. The third kappa shape index (κ3) is 11.9. The molecule has 0 atom stereocenters. The van der Waals surface area contributed by atoms with Crippen molar-refractivity contribution in [1.82, 2.24) is 4.98 Å². The molecule has 4 aromatic rings. The van der Waals surface area contributed by atoms with Crippen molar-refractivity contribution in [3.63, 3.8) is 0 Å². The Kier molecular flexibility index (Phi) is 15.2. The number of nitrogens with zero attached hydrogens (tertiary/aromatic N) is 1. The van der Waals surface area contributed by atoms with E-state index in [2.05, 4.69) is 73.6 Å². The molecule has 3 fully saturated rings. The van der Waals surface area contributed by atoms with Crippen molar-refractivity contribution in [3.05, 3.63) is 84.9 Å². The Morgan fingerprint density at radius 2 is 1.17 bits per heavy atom. The number of para-hydroxylation sites is 1. The van der Waals surface area contributed by atoms with Gasteiger partial charge < -0.3 is 0 Å². The van der Waals surface area contributed by atoms with E-state index in [1.54, 1.807) is 96.3 Å². The number of pyridine rings is 1. The SMILES string of the molecule is C1CCC([PH+](C2CCCCC2)C2CCCCC2)CC1.CC(C)(C)C=[C]=[Ru]([Cl])[Cl].[c-]1c(-c2ccc3ccccc3n2)ccc2ccccc12. The van der Waals surface area contributed by atoms with Gasteiger partial charge in [-0.1, -0.05) is 78.7 Å². The number of fused-ring (bicyclic) bond motifs is 2. The van der Waals surface area contributed by atoms with Gasteiger partial charge in [0.2, 0.25) is 0 Å². The van der Waals surface area contributed by atoms with E-state index >= 15 is 0 Å². The summed E-state index contributed by atoms with van der Waals surface area (Å²) in [5, 5.41) is 3.49. The van der Waals surface area contributed by atoms with Gasteiger partial charge in [-0.05, 0) is 88.5 Å². The Morgan fingerprint density at radius 3 is 1.69 bits per heavy atom. The van der Waals surface area contributed by atoms with E-state index in [-0.39, 0.29) is 13.3 Å². The van der Waals surface area contributed by atoms with Crippen molar-refractivity contribution in [2.75, 3.05) is 0 Å². The van der Waals surface area contributed by atoms with E-state index in [1.165, 1.54) is 22.4 Å². The maximum absolute atomic E-state index is 5.55. The topological polar surface area (TPSA) is 12.9 Å². The maximum atomic E-state index is 5.55. The molecule has 7 rings (SSSR count). The van der Waals surface area contributed by atoms with Gasteiger partial charge in [-0.3, -0.25) is 4.98 Å². The van der Waals surface area contributed by atoms with E-state index in [0.29, 0.717) is 0 Å². The largest absolute Gasteiger partial charge is 0.287 e. The Bertz CT molecular complexity index is 1510. The van der Waals surface area contributed by atoms with Gasteiger partial charge in [0.05, 0.1) is 22.5 Å². The minimum absolute atomic E-state index is 0.0465. The summed E-state index contributed by atoms with van der Waals surface area (Å²) < 4.78 is 2.93. The molecule has 0 spiro atoms. The standard InChI is InChI=1S/C19H12N.C18H33P.C6H10.2ClH.Ru/c1-2-7-16-13-17(10-9-14(16)5-1)19-12-11-15-6-3-4-8-18(15)20-19;1-4-10-16(11-5-1)19(17-12-6-2-7-13-17)18-14-8-3-9-15-18;1-5-6(2,3)4;;;/h1-12H;16-18H,1-15H2;5H,2-4H3;2*1H;/q-1;;;;;+2/p-1. The molecule has 3 aliphatic rings. The van der Waals surface area contributed by atoms with Crippen molar-refractivity contribution in [1.29, 1.82) is 0 Å². The first kappa shape index (κ1) is 37.9. The molecule has 260 valence electrons. The molecule has 0 aliphatic heterocycles. The van der Waals surface area contributed by atoms with E-state index in [4.69, 9.17) is 24.4 Å². The fourth-order valence-corrected chi connectivity index (χ4v) is 14.6. The fourth-order valence-electron chi connectivity index (χ4n) is 7.98. The van der Waals surface area contributed by atoms with Crippen LogP contribution in [0, 0.1) is 11.5 Å². The smallest absolute Gasteiger partial charge is 0.0617 e. The van der Waals surface area contributed by atoms with Crippen LogP contribution in [0.25, 0.3) is 32.9 Å². The zero-order valence-corrected chi connectivity index (χ0v) is 33.7. The zero-order valence-electron chi connectivity index (χ0n) is 29.4. The summed E-state index contributed by atoms with van der Waals surface area (Å²) in [5.74, 6) is 0. The van der Waals surface area contributed by atoms with Crippen molar-refractivity contribution in [2.24, 2.45) is 5.41 Å². The van der Waals surface area contributed by atoms with Gasteiger partial charge in [-0.2, -0.15) is 0 Å². The monoisotopic (exact) mass is 789 g/mol. The van der Waals surface area contributed by atoms with E-state index in [1.807, 2.05) is 36.4 Å². The zero-order chi connectivity index (χ0) is 33.8. The van der Waals surface area contributed by atoms with Gasteiger partial charge in [-0.15, -0.1) is 29.7 Å². The minimum Gasteiger partial charge on any atom is -0.287 e. The number of aromatic nitrogens is 1. The average Bonchev–Trinajstić information content (AvgIpc) is 3.12. The Hall–Kier alpha value is -1.39. The van der Waals surface area contributed by atoms with Crippen LogP contribution in [0.3, 0.4) is 0 Å². The van der Waals surface area contributed by atoms with Gasteiger partial charge in [-0.25, -0.2) is 0 Å². The van der Waals surface area contributed by atoms with Crippen LogP contribution < -0.4 is 0 Å². The predicted molar refractivity (Wildman–Crippen MR) is 213 cm³/mol. The fraction of sp³-hybridized carbons (Fsp3) is 0.512. The van der Waals surface area contributed by atoms with E-state index in [0.717, 1.165) is 27.5 Å². The Balaban J connectivity index is 0.000000152. The number of hydrogen-bond acceptors (Lipinski definition) is 1. The van der Waals surface area contributed by atoms with Crippen molar-refractivity contribution in [3.8, 4) is 11.3 Å². The number of allylic oxidation sites excluding steroid dienone is 1. The van der Waals surface area contributed by atoms with Crippen LogP contribution in [0.2, 0.25) is 0 Å². The summed E-state index contributed by atoms with van der Waals surface area (Å²) in [7, 11) is 11.1. The molecule has 3 aromatic carbocycles. The molecule has 5 heteroatoms. The molecule has 3 aliphatic carbocycles. The molecule has 48 heavy (non-hydrogen) atoms. The molecule has 1 nitrogen and oxygen atoms in total. The van der Waals surface area contributed by atoms with E-state index in [9.17, 15) is 0 Å². The molecule has 0 N–H and O–H groups in total. The van der Waals surface area contributed by atoms with Gasteiger partial charge in [0, 0.05) is 13.6 Å². The first-order valence-corrected chi connectivity index (χ1v) is 25.6. The molecule has 0 radical (unpaired) electrons. The van der Waals surface area contributed by atoms with Crippen LogP contribution in [0.1, 0.15) is 117 Å². The maximum Gasteiger partial charge on any atom is 0.0617 e. The summed E-state index contributed by atoms with van der Waals surface area (Å²) in [6.45, 7) is 6.27. The second-order valence-electron chi connectivity index (χ2n) is 15.1. The normalized spacial score (nSPS) is 18.3. The second kappa shape index (κ2) is 19.3. The van der Waals surface area contributed by atoms with Crippen molar-refractivity contribution in [2.45, 2.75) is 134 Å². The molecule has 0 unspecified atom stereocenters. The molecule has 0 amide bonds. The second-order valence-corrected chi connectivity index (χ2v) is 24.0. The summed E-state index contributed by atoms with van der Waals surface area (Å²) >= 11 is -1.67. The number of halogens is 2. The molecular weight excluding hydrogens is 733 g/mol. The summed E-state index contributed by atoms with van der Waals surface area (Å²) in [4.78, 5) is 4.72. The third-order valence-electron chi connectivity index (χ3n) is 10.3. The Morgan fingerprint density at radius 1 is 0.667 bits per heavy atom. The van der Waals surface area contributed by atoms with Crippen molar-refractivity contribution < 1.29 is 13.5 Å². The van der Waals surface area contributed by atoms with Gasteiger partial charge in [0.25, 0.3) is 0 Å².